The molecule has 2 N–H and O–H groups in total. The number of rotatable bonds is 7. The van der Waals surface area contributed by atoms with Crippen molar-refractivity contribution in [3.05, 3.63) is 54.1 Å². The highest BCUT2D eigenvalue weighted by atomic mass is 16.5. The molecule has 0 aliphatic heterocycles. The van der Waals surface area contributed by atoms with Crippen molar-refractivity contribution < 1.29 is 23.9 Å². The molecule has 8 nitrogen and oxygen atoms in total. The lowest BCUT2D eigenvalue weighted by atomic mass is 10.1. The van der Waals surface area contributed by atoms with E-state index >= 15 is 0 Å². The van der Waals surface area contributed by atoms with Gasteiger partial charge in [0, 0.05) is 38.2 Å². The molecule has 0 heterocycles. The average Bonchev–Trinajstić information content (AvgIpc) is 2.67. The molecule has 0 unspecified atom stereocenters. The molecule has 2 aromatic rings. The number of ether oxygens (including phenoxy) is 1. The zero-order valence-electron chi connectivity index (χ0n) is 16.5. The van der Waals surface area contributed by atoms with Crippen molar-refractivity contribution in [2.24, 2.45) is 0 Å². The van der Waals surface area contributed by atoms with Crippen LogP contribution in [0.25, 0.3) is 0 Å². The number of hydrogen-bond donors (Lipinski definition) is 2. The molecule has 2 aromatic carbocycles. The first-order valence-corrected chi connectivity index (χ1v) is 8.94. The normalized spacial score (nSPS) is 10.0. The summed E-state index contributed by atoms with van der Waals surface area (Å²) in [5.41, 5.74) is 1.70. The molecule has 2 rings (SSSR count). The van der Waals surface area contributed by atoms with Gasteiger partial charge in [-0.2, -0.15) is 0 Å². The minimum Gasteiger partial charge on any atom is -0.465 e. The highest BCUT2D eigenvalue weighted by molar-refractivity contribution is 6.01. The van der Waals surface area contributed by atoms with Gasteiger partial charge in [0.2, 0.25) is 17.7 Å². The van der Waals surface area contributed by atoms with E-state index in [0.29, 0.717) is 17.1 Å². The molecule has 152 valence electrons. The van der Waals surface area contributed by atoms with Crippen molar-refractivity contribution in [2.75, 3.05) is 29.2 Å². The van der Waals surface area contributed by atoms with Crippen LogP contribution in [-0.4, -0.2) is 37.3 Å². The van der Waals surface area contributed by atoms with Crippen LogP contribution in [-0.2, 0) is 19.1 Å². The SMILES string of the molecule is COC(=O)c1ccccc1NC(=O)CCN(C(C)=O)c1cccc(NC(C)=O)c1. The van der Waals surface area contributed by atoms with Crippen LogP contribution >= 0.6 is 0 Å². The van der Waals surface area contributed by atoms with Gasteiger partial charge in [-0.05, 0) is 30.3 Å². The Morgan fingerprint density at radius 1 is 0.966 bits per heavy atom. The molecule has 0 aliphatic carbocycles. The fourth-order valence-corrected chi connectivity index (χ4v) is 2.73. The molecular formula is C21H23N3O5. The Hall–Kier alpha value is -3.68. The lowest BCUT2D eigenvalue weighted by Crippen LogP contribution is -2.32. The molecule has 29 heavy (non-hydrogen) atoms. The van der Waals surface area contributed by atoms with Crippen molar-refractivity contribution in [3.63, 3.8) is 0 Å². The second kappa shape index (κ2) is 10.0. The number of hydrogen-bond acceptors (Lipinski definition) is 5. The van der Waals surface area contributed by atoms with E-state index in [1.54, 1.807) is 48.5 Å². The Bertz CT molecular complexity index is 926. The van der Waals surface area contributed by atoms with Gasteiger partial charge in [0.1, 0.15) is 0 Å². The second-order valence-electron chi connectivity index (χ2n) is 6.24. The van der Waals surface area contributed by atoms with E-state index in [0.717, 1.165) is 0 Å². The first-order chi connectivity index (χ1) is 13.8. The third-order valence-corrected chi connectivity index (χ3v) is 4.03. The van der Waals surface area contributed by atoms with Gasteiger partial charge in [-0.1, -0.05) is 18.2 Å². The molecule has 3 amide bonds. The first kappa shape index (κ1) is 21.6. The van der Waals surface area contributed by atoms with E-state index in [4.69, 9.17) is 4.74 Å². The summed E-state index contributed by atoms with van der Waals surface area (Å²) >= 11 is 0. The van der Waals surface area contributed by atoms with Crippen molar-refractivity contribution in [3.8, 4) is 0 Å². The van der Waals surface area contributed by atoms with Gasteiger partial charge in [0.15, 0.2) is 0 Å². The maximum atomic E-state index is 12.4. The first-order valence-electron chi connectivity index (χ1n) is 8.94. The Kier molecular flexibility index (Phi) is 7.47. The third-order valence-electron chi connectivity index (χ3n) is 4.03. The molecule has 0 spiro atoms. The fraction of sp³-hybridized carbons (Fsp3) is 0.238. The minimum absolute atomic E-state index is 0.0133. The molecule has 0 saturated heterocycles. The van der Waals surface area contributed by atoms with E-state index in [-0.39, 0.29) is 36.3 Å². The van der Waals surface area contributed by atoms with E-state index in [1.807, 2.05) is 0 Å². The van der Waals surface area contributed by atoms with Gasteiger partial charge in [-0.15, -0.1) is 0 Å². The summed E-state index contributed by atoms with van der Waals surface area (Å²) < 4.78 is 4.71. The maximum absolute atomic E-state index is 12.4. The fourth-order valence-electron chi connectivity index (χ4n) is 2.73. The predicted octanol–water partition coefficient (Wildman–Crippen LogP) is 2.81. The number of methoxy groups -OCH3 is 1. The van der Waals surface area contributed by atoms with Gasteiger partial charge in [-0.25, -0.2) is 4.79 Å². The standard InChI is InChI=1S/C21H23N3O5/c1-14(25)22-16-7-6-8-17(13-16)24(15(2)26)12-11-20(27)23-19-10-5-4-9-18(19)21(28)29-3/h4-10,13H,11-12H2,1-3H3,(H,22,25)(H,23,27). The summed E-state index contributed by atoms with van der Waals surface area (Å²) in [5.74, 6) is -1.38. The molecule has 0 atom stereocenters. The van der Waals surface area contributed by atoms with Crippen molar-refractivity contribution >= 4 is 40.8 Å². The number of nitrogens with one attached hydrogen (secondary N) is 2. The smallest absolute Gasteiger partial charge is 0.339 e. The number of anilines is 3. The molecule has 0 aromatic heterocycles. The molecule has 0 fully saturated rings. The van der Waals surface area contributed by atoms with Crippen LogP contribution < -0.4 is 15.5 Å². The van der Waals surface area contributed by atoms with E-state index < -0.39 is 5.97 Å². The van der Waals surface area contributed by atoms with Gasteiger partial charge < -0.3 is 20.3 Å². The minimum atomic E-state index is -0.555. The molecular weight excluding hydrogens is 374 g/mol. The monoisotopic (exact) mass is 397 g/mol. The summed E-state index contributed by atoms with van der Waals surface area (Å²) in [5, 5.41) is 5.33. The number of esters is 1. The topological polar surface area (TPSA) is 105 Å². The lowest BCUT2D eigenvalue weighted by molar-refractivity contribution is -0.117. The van der Waals surface area contributed by atoms with Gasteiger partial charge in [0.05, 0.1) is 18.4 Å². The summed E-state index contributed by atoms with van der Waals surface area (Å²) in [4.78, 5) is 49.0. The van der Waals surface area contributed by atoms with Crippen molar-refractivity contribution in [1.29, 1.82) is 0 Å². The number of nitrogens with zero attached hydrogens (tertiary/aromatic N) is 1. The highest BCUT2D eigenvalue weighted by Crippen LogP contribution is 2.21. The number of carbonyl (C=O) groups is 4. The van der Waals surface area contributed by atoms with Crippen molar-refractivity contribution in [2.45, 2.75) is 20.3 Å². The quantitative estimate of drug-likeness (QED) is 0.699. The molecule has 0 saturated carbocycles. The molecule has 0 radical (unpaired) electrons. The number of carbonyl (C=O) groups excluding carboxylic acids is 4. The third kappa shape index (κ3) is 6.17. The van der Waals surface area contributed by atoms with Gasteiger partial charge in [-0.3, -0.25) is 14.4 Å². The number of amides is 3. The number of para-hydroxylation sites is 1. The average molecular weight is 397 g/mol. The highest BCUT2D eigenvalue weighted by Gasteiger charge is 2.16. The lowest BCUT2D eigenvalue weighted by Gasteiger charge is -2.22. The Morgan fingerprint density at radius 2 is 1.69 bits per heavy atom. The Labute approximate surface area is 168 Å². The largest absolute Gasteiger partial charge is 0.465 e. The molecule has 8 heteroatoms. The predicted molar refractivity (Wildman–Crippen MR) is 110 cm³/mol. The van der Waals surface area contributed by atoms with Crippen LogP contribution in [0.15, 0.2) is 48.5 Å². The zero-order chi connectivity index (χ0) is 21.4. The Morgan fingerprint density at radius 3 is 2.34 bits per heavy atom. The van der Waals surface area contributed by atoms with E-state index in [9.17, 15) is 19.2 Å². The van der Waals surface area contributed by atoms with Gasteiger partial charge in [0.25, 0.3) is 0 Å². The van der Waals surface area contributed by atoms with E-state index in [1.165, 1.54) is 25.9 Å². The molecule has 0 aliphatic rings. The summed E-state index contributed by atoms with van der Waals surface area (Å²) in [6.45, 7) is 2.92. The van der Waals surface area contributed by atoms with Crippen LogP contribution in [0.1, 0.15) is 30.6 Å². The van der Waals surface area contributed by atoms with Crippen LogP contribution in [0.5, 0.6) is 0 Å². The summed E-state index contributed by atoms with van der Waals surface area (Å²) in [7, 11) is 1.26. The second-order valence-corrected chi connectivity index (χ2v) is 6.24. The van der Waals surface area contributed by atoms with Crippen molar-refractivity contribution in [1.82, 2.24) is 0 Å². The van der Waals surface area contributed by atoms with Crippen LogP contribution in [0, 0.1) is 0 Å². The van der Waals surface area contributed by atoms with Crippen LogP contribution in [0.3, 0.4) is 0 Å². The van der Waals surface area contributed by atoms with Gasteiger partial charge >= 0.3 is 5.97 Å². The molecule has 0 bridgehead atoms. The van der Waals surface area contributed by atoms with Crippen LogP contribution in [0.2, 0.25) is 0 Å². The number of benzene rings is 2. The van der Waals surface area contributed by atoms with Crippen LogP contribution in [0.4, 0.5) is 17.1 Å². The van der Waals surface area contributed by atoms with E-state index in [2.05, 4.69) is 10.6 Å². The Balaban J connectivity index is 2.08. The maximum Gasteiger partial charge on any atom is 0.339 e. The summed E-state index contributed by atoms with van der Waals surface area (Å²) in [6.07, 6.45) is 0.0133. The zero-order valence-corrected chi connectivity index (χ0v) is 16.5. The summed E-state index contributed by atoms with van der Waals surface area (Å²) in [6, 6.07) is 13.3.